The Hall–Kier alpha value is -0.940. The van der Waals surface area contributed by atoms with Gasteiger partial charge in [0.1, 0.15) is 5.75 Å². The van der Waals surface area contributed by atoms with Crippen LogP contribution in [0.2, 0.25) is 0 Å². The minimum Gasteiger partial charge on any atom is -0.507 e. The van der Waals surface area contributed by atoms with Crippen molar-refractivity contribution in [2.24, 2.45) is 0 Å². The Labute approximate surface area is 109 Å². The van der Waals surface area contributed by atoms with Gasteiger partial charge in [0, 0.05) is 24.1 Å². The van der Waals surface area contributed by atoms with E-state index in [4.69, 9.17) is 9.47 Å². The minimum atomic E-state index is 0.253. The van der Waals surface area contributed by atoms with Gasteiger partial charge in [0.15, 0.2) is 11.5 Å². The van der Waals surface area contributed by atoms with Crippen molar-refractivity contribution >= 4 is 15.9 Å². The van der Waals surface area contributed by atoms with Crippen LogP contribution >= 0.6 is 15.9 Å². The van der Waals surface area contributed by atoms with Gasteiger partial charge >= 0.3 is 0 Å². The van der Waals surface area contributed by atoms with Gasteiger partial charge in [0.05, 0.1) is 18.7 Å². The second kappa shape index (κ2) is 5.14. The van der Waals surface area contributed by atoms with E-state index in [0.717, 1.165) is 29.5 Å². The third-order valence-electron chi connectivity index (χ3n) is 3.10. The molecule has 0 aliphatic carbocycles. The first-order chi connectivity index (χ1) is 8.19. The Morgan fingerprint density at radius 1 is 1.41 bits per heavy atom. The third kappa shape index (κ3) is 2.21. The summed E-state index contributed by atoms with van der Waals surface area (Å²) in [5, 5.41) is 13.4. The first-order valence-corrected chi connectivity index (χ1v) is 6.32. The molecule has 0 spiro atoms. The van der Waals surface area contributed by atoms with Crippen LogP contribution in [0.4, 0.5) is 0 Å². The second-order valence-corrected chi connectivity index (χ2v) is 4.84. The van der Waals surface area contributed by atoms with E-state index in [1.54, 1.807) is 20.3 Å². The van der Waals surface area contributed by atoms with E-state index in [9.17, 15) is 5.11 Å². The van der Waals surface area contributed by atoms with E-state index in [2.05, 4.69) is 21.2 Å². The van der Waals surface area contributed by atoms with Gasteiger partial charge in [-0.2, -0.15) is 0 Å². The molecule has 2 rings (SSSR count). The predicted octanol–water partition coefficient (Wildman–Crippen LogP) is 2.25. The van der Waals surface area contributed by atoms with Crippen molar-refractivity contribution in [1.82, 2.24) is 5.32 Å². The Balaban J connectivity index is 2.51. The number of rotatable bonds is 3. The van der Waals surface area contributed by atoms with Gasteiger partial charge in [0.2, 0.25) is 0 Å². The number of halogens is 1. The molecule has 1 heterocycles. The Morgan fingerprint density at radius 2 is 2.18 bits per heavy atom. The van der Waals surface area contributed by atoms with E-state index in [0.29, 0.717) is 17.4 Å². The van der Waals surface area contributed by atoms with E-state index in [-0.39, 0.29) is 5.75 Å². The smallest absolute Gasteiger partial charge is 0.175 e. The Bertz CT molecular complexity index is 417. The summed E-state index contributed by atoms with van der Waals surface area (Å²) in [6.45, 7) is 1.85. The average Bonchev–Trinajstić information content (AvgIpc) is 2.82. The highest BCUT2D eigenvalue weighted by Gasteiger charge is 2.26. The summed E-state index contributed by atoms with van der Waals surface area (Å²) in [7, 11) is 3.15. The first kappa shape index (κ1) is 12.5. The third-order valence-corrected chi connectivity index (χ3v) is 3.88. The van der Waals surface area contributed by atoms with E-state index >= 15 is 0 Å². The van der Waals surface area contributed by atoms with Crippen LogP contribution in [0.25, 0.3) is 0 Å². The van der Waals surface area contributed by atoms with Crippen molar-refractivity contribution in [2.45, 2.75) is 12.3 Å². The van der Waals surface area contributed by atoms with Gasteiger partial charge in [0.25, 0.3) is 0 Å². The number of nitrogens with one attached hydrogen (secondary N) is 1. The molecule has 0 aromatic heterocycles. The van der Waals surface area contributed by atoms with Crippen molar-refractivity contribution < 1.29 is 14.6 Å². The van der Waals surface area contributed by atoms with Crippen LogP contribution in [0.15, 0.2) is 10.5 Å². The number of methoxy groups -OCH3 is 2. The van der Waals surface area contributed by atoms with E-state index in [1.165, 1.54) is 0 Å². The molecule has 1 saturated heterocycles. The van der Waals surface area contributed by atoms with Crippen LogP contribution in [-0.4, -0.2) is 32.4 Å². The molecule has 2 N–H and O–H groups in total. The van der Waals surface area contributed by atoms with Crippen molar-refractivity contribution in [3.8, 4) is 17.2 Å². The molecule has 1 unspecified atom stereocenters. The molecular formula is C12H16BrNO3. The number of phenolic OH excluding ortho intramolecular Hbond substituents is 1. The molecule has 1 aromatic carbocycles. The zero-order chi connectivity index (χ0) is 12.4. The summed E-state index contributed by atoms with van der Waals surface area (Å²) in [6.07, 6.45) is 1.02. The number of ether oxygens (including phenoxy) is 2. The summed E-state index contributed by atoms with van der Waals surface area (Å²) in [5.41, 5.74) is 0.896. The van der Waals surface area contributed by atoms with Gasteiger partial charge in [-0.05, 0) is 28.9 Å². The summed E-state index contributed by atoms with van der Waals surface area (Å²) in [6, 6.07) is 1.61. The van der Waals surface area contributed by atoms with Crippen molar-refractivity contribution in [3.05, 3.63) is 16.1 Å². The molecule has 1 atom stereocenters. The van der Waals surface area contributed by atoms with Crippen LogP contribution in [0.3, 0.4) is 0 Å². The molecule has 94 valence electrons. The lowest BCUT2D eigenvalue weighted by atomic mass is 9.97. The molecule has 0 amide bonds. The van der Waals surface area contributed by atoms with Crippen LogP contribution < -0.4 is 14.8 Å². The van der Waals surface area contributed by atoms with Crippen LogP contribution in [0, 0.1) is 0 Å². The molecule has 17 heavy (non-hydrogen) atoms. The molecule has 0 saturated carbocycles. The molecule has 5 heteroatoms. The minimum absolute atomic E-state index is 0.253. The lowest BCUT2D eigenvalue weighted by Gasteiger charge is -2.18. The number of hydrogen-bond acceptors (Lipinski definition) is 4. The summed E-state index contributed by atoms with van der Waals surface area (Å²) in [4.78, 5) is 0. The van der Waals surface area contributed by atoms with Crippen LogP contribution in [0.1, 0.15) is 17.9 Å². The summed E-state index contributed by atoms with van der Waals surface area (Å²) in [5.74, 6) is 1.73. The first-order valence-electron chi connectivity index (χ1n) is 5.53. The van der Waals surface area contributed by atoms with Gasteiger partial charge in [-0.1, -0.05) is 0 Å². The maximum Gasteiger partial charge on any atom is 0.175 e. The standard InChI is InChI=1S/C12H16BrNO3/c1-16-9-5-8(15)10(7-3-4-14-6-7)11(13)12(9)17-2/h5,7,14-15H,3-4,6H2,1-2H3. The Kier molecular flexibility index (Phi) is 3.79. The predicted molar refractivity (Wildman–Crippen MR) is 69.1 cm³/mol. The molecule has 4 nitrogen and oxygen atoms in total. The fourth-order valence-corrected chi connectivity index (χ4v) is 3.13. The zero-order valence-electron chi connectivity index (χ0n) is 9.92. The fourth-order valence-electron chi connectivity index (χ4n) is 2.24. The molecule has 1 aliphatic heterocycles. The van der Waals surface area contributed by atoms with Gasteiger partial charge < -0.3 is 19.9 Å². The summed E-state index contributed by atoms with van der Waals surface area (Å²) < 4.78 is 11.3. The average molecular weight is 302 g/mol. The van der Waals surface area contributed by atoms with Gasteiger partial charge in [-0.25, -0.2) is 0 Å². The van der Waals surface area contributed by atoms with Gasteiger partial charge in [-0.15, -0.1) is 0 Å². The molecule has 1 aliphatic rings. The van der Waals surface area contributed by atoms with E-state index < -0.39 is 0 Å². The largest absolute Gasteiger partial charge is 0.507 e. The van der Waals surface area contributed by atoms with Gasteiger partial charge in [-0.3, -0.25) is 0 Å². The molecule has 1 aromatic rings. The normalized spacial score (nSPS) is 19.4. The maximum absolute atomic E-state index is 10.1. The fraction of sp³-hybridized carbons (Fsp3) is 0.500. The zero-order valence-corrected chi connectivity index (χ0v) is 11.5. The lowest BCUT2D eigenvalue weighted by Crippen LogP contribution is -2.09. The molecule has 0 radical (unpaired) electrons. The van der Waals surface area contributed by atoms with Crippen LogP contribution in [0.5, 0.6) is 17.2 Å². The maximum atomic E-state index is 10.1. The van der Waals surface area contributed by atoms with Crippen molar-refractivity contribution in [2.75, 3.05) is 27.3 Å². The SMILES string of the molecule is COc1cc(O)c(C2CCNC2)c(Br)c1OC. The highest BCUT2D eigenvalue weighted by Crippen LogP contribution is 2.46. The van der Waals surface area contributed by atoms with Crippen molar-refractivity contribution in [1.29, 1.82) is 0 Å². The molecule has 1 fully saturated rings. The monoisotopic (exact) mass is 301 g/mol. The highest BCUT2D eigenvalue weighted by molar-refractivity contribution is 9.10. The number of aromatic hydroxyl groups is 1. The Morgan fingerprint density at radius 3 is 2.71 bits per heavy atom. The highest BCUT2D eigenvalue weighted by atomic mass is 79.9. The lowest BCUT2D eigenvalue weighted by molar-refractivity contribution is 0.347. The number of phenols is 1. The second-order valence-electron chi connectivity index (χ2n) is 4.05. The molecule has 0 bridgehead atoms. The topological polar surface area (TPSA) is 50.7 Å². The van der Waals surface area contributed by atoms with Crippen molar-refractivity contribution in [3.63, 3.8) is 0 Å². The number of benzene rings is 1. The van der Waals surface area contributed by atoms with Crippen LogP contribution in [-0.2, 0) is 0 Å². The molecular weight excluding hydrogens is 286 g/mol. The number of hydrogen-bond donors (Lipinski definition) is 2. The van der Waals surface area contributed by atoms with E-state index in [1.807, 2.05) is 0 Å². The quantitative estimate of drug-likeness (QED) is 0.899. The summed E-state index contributed by atoms with van der Waals surface area (Å²) >= 11 is 3.50.